The molecule has 0 aromatic heterocycles. The highest BCUT2D eigenvalue weighted by atomic mass is 79.9. The topological polar surface area (TPSA) is 57.5 Å². The summed E-state index contributed by atoms with van der Waals surface area (Å²) in [5.41, 5.74) is -2.80. The summed E-state index contributed by atoms with van der Waals surface area (Å²) in [5.74, 6) is -2.20. The molecule has 2 N–H and O–H groups in total. The van der Waals surface area contributed by atoms with E-state index in [1.807, 2.05) is 0 Å². The van der Waals surface area contributed by atoms with Crippen molar-refractivity contribution < 1.29 is 28.2 Å². The molecule has 0 radical (unpaired) electrons. The van der Waals surface area contributed by atoms with Crippen LogP contribution in [0.4, 0.5) is 13.2 Å². The fraction of sp³-hybridized carbons (Fsp3) is 0.417. The van der Waals surface area contributed by atoms with E-state index >= 15 is 0 Å². The van der Waals surface area contributed by atoms with E-state index in [1.165, 1.54) is 6.07 Å². The minimum Gasteiger partial charge on any atom is -0.507 e. The number of benzene rings is 1. The molecular formula is C12H10BrF3O3. The maximum Gasteiger partial charge on any atom is 0.420 e. The number of carbonyl (C=O) groups is 1. The van der Waals surface area contributed by atoms with Crippen LogP contribution < -0.4 is 0 Å². The molecule has 0 atom stereocenters. The maximum absolute atomic E-state index is 12.8. The van der Waals surface area contributed by atoms with E-state index in [2.05, 4.69) is 15.9 Å². The summed E-state index contributed by atoms with van der Waals surface area (Å²) >= 11 is 2.93. The largest absolute Gasteiger partial charge is 0.507 e. The van der Waals surface area contributed by atoms with Gasteiger partial charge in [0.25, 0.3) is 0 Å². The van der Waals surface area contributed by atoms with Gasteiger partial charge in [-0.2, -0.15) is 13.2 Å². The Balaban J connectivity index is 2.65. The number of hydrogen-bond donors (Lipinski definition) is 2. The molecule has 0 bridgehead atoms. The summed E-state index contributed by atoms with van der Waals surface area (Å²) in [6.45, 7) is 0. The molecule has 1 aliphatic carbocycles. The van der Waals surface area contributed by atoms with Crippen LogP contribution in [0, 0.1) is 0 Å². The summed E-state index contributed by atoms with van der Waals surface area (Å²) in [4.78, 5) is 11.3. The predicted octanol–water partition coefficient (Wildman–Crippen LogP) is 3.68. The average Bonchev–Trinajstić information content (AvgIpc) is 2.18. The summed E-state index contributed by atoms with van der Waals surface area (Å²) < 4.78 is 38.5. The predicted molar refractivity (Wildman–Crippen MR) is 64.0 cm³/mol. The molecule has 0 amide bonds. The second-order valence-corrected chi connectivity index (χ2v) is 5.50. The smallest absolute Gasteiger partial charge is 0.420 e. The molecule has 3 nitrogen and oxygen atoms in total. The van der Waals surface area contributed by atoms with Crippen molar-refractivity contribution in [3.05, 3.63) is 27.7 Å². The van der Waals surface area contributed by atoms with Crippen LogP contribution in [0.1, 0.15) is 30.4 Å². The summed E-state index contributed by atoms with van der Waals surface area (Å²) in [6.07, 6.45) is -3.67. The number of aliphatic carboxylic acids is 1. The van der Waals surface area contributed by atoms with E-state index < -0.39 is 28.9 Å². The van der Waals surface area contributed by atoms with Gasteiger partial charge in [0, 0.05) is 10.0 Å². The molecule has 7 heteroatoms. The van der Waals surface area contributed by atoms with Crippen molar-refractivity contribution in [1.82, 2.24) is 0 Å². The first-order valence-electron chi connectivity index (χ1n) is 5.52. The number of rotatable bonds is 2. The third-order valence-corrected chi connectivity index (χ3v) is 3.97. The third-order valence-electron chi connectivity index (χ3n) is 3.51. The molecule has 1 aromatic carbocycles. The van der Waals surface area contributed by atoms with Gasteiger partial charge in [0.2, 0.25) is 0 Å². The molecule has 104 valence electrons. The number of alkyl halides is 3. The van der Waals surface area contributed by atoms with Crippen LogP contribution in [-0.2, 0) is 16.4 Å². The van der Waals surface area contributed by atoms with Crippen molar-refractivity contribution in [2.24, 2.45) is 0 Å². The minimum absolute atomic E-state index is 0.0974. The van der Waals surface area contributed by atoms with E-state index in [4.69, 9.17) is 0 Å². The van der Waals surface area contributed by atoms with Crippen LogP contribution in [0.3, 0.4) is 0 Å². The van der Waals surface area contributed by atoms with Gasteiger partial charge in [0.05, 0.1) is 11.0 Å². The van der Waals surface area contributed by atoms with Crippen LogP contribution >= 0.6 is 15.9 Å². The SMILES string of the molecule is O=C(O)C1(c2cc(Br)cc(C(F)(F)F)c2O)CCC1. The summed E-state index contributed by atoms with van der Waals surface area (Å²) in [5, 5.41) is 19.0. The van der Waals surface area contributed by atoms with Gasteiger partial charge in [-0.05, 0) is 25.0 Å². The highest BCUT2D eigenvalue weighted by molar-refractivity contribution is 9.10. The molecule has 19 heavy (non-hydrogen) atoms. The summed E-state index contributed by atoms with van der Waals surface area (Å²) in [7, 11) is 0. The lowest BCUT2D eigenvalue weighted by Crippen LogP contribution is -2.42. The molecule has 1 aromatic rings. The standard InChI is InChI=1S/C12H10BrF3O3/c13-6-4-7(11(10(18)19)2-1-3-11)9(17)8(5-6)12(14,15)16/h4-5,17H,1-3H2,(H,18,19). The molecule has 0 unspecified atom stereocenters. The number of halogens is 4. The number of hydrogen-bond acceptors (Lipinski definition) is 2. The number of phenolic OH excluding ortho intramolecular Hbond substituents is 1. The fourth-order valence-corrected chi connectivity index (χ4v) is 2.77. The fourth-order valence-electron chi connectivity index (χ4n) is 2.31. The highest BCUT2D eigenvalue weighted by Gasteiger charge is 2.49. The molecule has 2 rings (SSSR count). The van der Waals surface area contributed by atoms with Crippen LogP contribution in [0.2, 0.25) is 0 Å². The van der Waals surface area contributed by atoms with Crippen molar-refractivity contribution in [2.75, 3.05) is 0 Å². The Morgan fingerprint density at radius 2 is 1.89 bits per heavy atom. The van der Waals surface area contributed by atoms with Gasteiger partial charge in [0.15, 0.2) is 0 Å². The highest BCUT2D eigenvalue weighted by Crippen LogP contribution is 2.51. The number of phenols is 1. The Hall–Kier alpha value is -1.24. The maximum atomic E-state index is 12.8. The molecule has 0 heterocycles. The zero-order valence-electron chi connectivity index (χ0n) is 9.59. The van der Waals surface area contributed by atoms with E-state index in [1.54, 1.807) is 0 Å². The van der Waals surface area contributed by atoms with Gasteiger partial charge in [-0.1, -0.05) is 22.4 Å². The van der Waals surface area contributed by atoms with Crippen molar-refractivity contribution >= 4 is 21.9 Å². The normalized spacial score (nSPS) is 17.9. The van der Waals surface area contributed by atoms with Crippen molar-refractivity contribution in [3.8, 4) is 5.75 Å². The van der Waals surface area contributed by atoms with Gasteiger partial charge in [0.1, 0.15) is 5.75 Å². The van der Waals surface area contributed by atoms with Gasteiger partial charge in [-0.25, -0.2) is 0 Å². The first-order chi connectivity index (χ1) is 8.68. The number of carboxylic acids is 1. The van der Waals surface area contributed by atoms with Gasteiger partial charge < -0.3 is 10.2 Å². The molecule has 0 aliphatic heterocycles. The summed E-state index contributed by atoms with van der Waals surface area (Å²) in [6, 6.07) is 1.99. The quantitative estimate of drug-likeness (QED) is 0.864. The van der Waals surface area contributed by atoms with Crippen LogP contribution in [0.15, 0.2) is 16.6 Å². The van der Waals surface area contributed by atoms with Gasteiger partial charge in [-0.3, -0.25) is 4.79 Å². The molecule has 1 saturated carbocycles. The first kappa shape index (κ1) is 14.2. The van der Waals surface area contributed by atoms with E-state index in [0.717, 1.165) is 6.07 Å². The molecule has 1 fully saturated rings. The van der Waals surface area contributed by atoms with Crippen molar-refractivity contribution in [3.63, 3.8) is 0 Å². The van der Waals surface area contributed by atoms with Gasteiger partial charge in [-0.15, -0.1) is 0 Å². The second kappa shape index (κ2) is 4.40. The van der Waals surface area contributed by atoms with Gasteiger partial charge >= 0.3 is 12.1 Å². The van der Waals surface area contributed by atoms with Crippen LogP contribution in [0.25, 0.3) is 0 Å². The lowest BCUT2D eigenvalue weighted by Gasteiger charge is -2.38. The lowest BCUT2D eigenvalue weighted by molar-refractivity contribution is -0.148. The van der Waals surface area contributed by atoms with Crippen molar-refractivity contribution in [1.29, 1.82) is 0 Å². The average molecular weight is 339 g/mol. The zero-order valence-corrected chi connectivity index (χ0v) is 11.2. The zero-order chi connectivity index (χ0) is 14.4. The van der Waals surface area contributed by atoms with Crippen molar-refractivity contribution in [2.45, 2.75) is 30.9 Å². The Kier molecular flexibility index (Phi) is 3.28. The molecule has 0 spiro atoms. The Morgan fingerprint density at radius 3 is 2.26 bits per heavy atom. The number of aromatic hydroxyl groups is 1. The van der Waals surface area contributed by atoms with E-state index in [-0.39, 0.29) is 22.9 Å². The second-order valence-electron chi connectivity index (χ2n) is 4.59. The number of carboxylic acid groups (broad SMARTS) is 1. The van der Waals surface area contributed by atoms with Crippen LogP contribution in [-0.4, -0.2) is 16.2 Å². The minimum atomic E-state index is -4.73. The molecule has 0 saturated heterocycles. The van der Waals surface area contributed by atoms with E-state index in [0.29, 0.717) is 6.42 Å². The first-order valence-corrected chi connectivity index (χ1v) is 6.31. The monoisotopic (exact) mass is 338 g/mol. The Bertz CT molecular complexity index is 536. The third kappa shape index (κ3) is 2.20. The van der Waals surface area contributed by atoms with E-state index in [9.17, 15) is 28.2 Å². The lowest BCUT2D eigenvalue weighted by atomic mass is 9.64. The molecule has 1 aliphatic rings. The van der Waals surface area contributed by atoms with Crippen LogP contribution in [0.5, 0.6) is 5.75 Å². The Morgan fingerprint density at radius 1 is 1.32 bits per heavy atom. The Labute approximate surface area is 115 Å². The molecular weight excluding hydrogens is 329 g/mol.